The second-order valence-corrected chi connectivity index (χ2v) is 6.25. The summed E-state index contributed by atoms with van der Waals surface area (Å²) >= 11 is 0. The Kier molecular flexibility index (Phi) is 3.81. The molecule has 3 aromatic carbocycles. The third-order valence-corrected chi connectivity index (χ3v) is 4.64. The number of aliphatic hydroxyl groups is 1. The maximum Gasteiger partial charge on any atom is 0.374 e. The lowest BCUT2D eigenvalue weighted by atomic mass is 9.91. The molecule has 1 heterocycles. The number of rotatable bonds is 3. The summed E-state index contributed by atoms with van der Waals surface area (Å²) in [6, 6.07) is 20.4. The lowest BCUT2D eigenvalue weighted by molar-refractivity contribution is -0.142. The van der Waals surface area contributed by atoms with E-state index in [1.807, 2.05) is 42.5 Å². The molecule has 1 unspecified atom stereocenters. The Morgan fingerprint density at radius 2 is 1.65 bits per heavy atom. The summed E-state index contributed by atoms with van der Waals surface area (Å²) < 4.78 is 5.48. The fraction of sp³-hybridized carbons (Fsp3) is 0.0909. The van der Waals surface area contributed by atoms with E-state index in [9.17, 15) is 14.7 Å². The minimum Gasteiger partial charge on any atom is -0.502 e. The molecule has 128 valence electrons. The number of fused-ring (bicyclic) bond motifs is 1. The number of ether oxygens (including phenoxy) is 1. The molecule has 0 saturated heterocycles. The van der Waals surface area contributed by atoms with Gasteiger partial charge in [0.1, 0.15) is 0 Å². The van der Waals surface area contributed by atoms with Gasteiger partial charge >= 0.3 is 5.97 Å². The average Bonchev–Trinajstić information content (AvgIpc) is 2.96. The lowest BCUT2D eigenvalue weighted by Crippen LogP contribution is -2.04. The quantitative estimate of drug-likeness (QED) is 0.557. The minimum absolute atomic E-state index is 0.0425. The summed E-state index contributed by atoms with van der Waals surface area (Å²) in [4.78, 5) is 23.6. The molecule has 4 nitrogen and oxygen atoms in total. The van der Waals surface area contributed by atoms with Gasteiger partial charge in [-0.3, -0.25) is 4.79 Å². The van der Waals surface area contributed by atoms with Crippen LogP contribution in [0, 0.1) is 0 Å². The summed E-state index contributed by atoms with van der Waals surface area (Å²) in [7, 11) is 0. The van der Waals surface area contributed by atoms with E-state index in [-0.39, 0.29) is 5.78 Å². The number of Topliss-reactive ketones (excluding diaryl/α,β-unsaturated/α-hetero) is 1. The predicted octanol–water partition coefficient (Wildman–Crippen LogP) is 4.61. The monoisotopic (exact) mass is 344 g/mol. The molecule has 0 spiro atoms. The summed E-state index contributed by atoms with van der Waals surface area (Å²) in [6.07, 6.45) is -0.697. The maximum absolute atomic E-state index is 12.1. The normalized spacial score (nSPS) is 16.8. The van der Waals surface area contributed by atoms with Crippen molar-refractivity contribution in [1.29, 1.82) is 0 Å². The van der Waals surface area contributed by atoms with Gasteiger partial charge < -0.3 is 9.84 Å². The van der Waals surface area contributed by atoms with Gasteiger partial charge in [0.25, 0.3) is 0 Å². The molecular weight excluding hydrogens is 328 g/mol. The number of carbonyl (C=O) groups is 2. The van der Waals surface area contributed by atoms with Crippen LogP contribution in [0.25, 0.3) is 16.3 Å². The lowest BCUT2D eigenvalue weighted by Gasteiger charge is -2.17. The van der Waals surface area contributed by atoms with Crippen LogP contribution < -0.4 is 0 Å². The van der Waals surface area contributed by atoms with Crippen molar-refractivity contribution in [3.05, 3.63) is 89.2 Å². The van der Waals surface area contributed by atoms with Gasteiger partial charge in [0.05, 0.1) is 5.57 Å². The van der Waals surface area contributed by atoms with E-state index >= 15 is 0 Å². The first-order valence-electron chi connectivity index (χ1n) is 8.29. The van der Waals surface area contributed by atoms with Crippen molar-refractivity contribution < 1.29 is 19.4 Å². The van der Waals surface area contributed by atoms with E-state index in [4.69, 9.17) is 4.74 Å². The second-order valence-electron chi connectivity index (χ2n) is 6.25. The van der Waals surface area contributed by atoms with E-state index in [1.54, 1.807) is 24.3 Å². The van der Waals surface area contributed by atoms with Crippen molar-refractivity contribution in [3.63, 3.8) is 0 Å². The Morgan fingerprint density at radius 1 is 0.962 bits per heavy atom. The van der Waals surface area contributed by atoms with Crippen LogP contribution in [0.5, 0.6) is 0 Å². The van der Waals surface area contributed by atoms with E-state index in [2.05, 4.69) is 0 Å². The summed E-state index contributed by atoms with van der Waals surface area (Å²) in [5, 5.41) is 12.3. The highest BCUT2D eigenvalue weighted by Crippen LogP contribution is 2.42. The number of ketones is 1. The highest BCUT2D eigenvalue weighted by molar-refractivity contribution is 6.02. The van der Waals surface area contributed by atoms with Crippen LogP contribution in [-0.4, -0.2) is 16.9 Å². The fourth-order valence-electron chi connectivity index (χ4n) is 3.33. The molecular formula is C22H16O4. The van der Waals surface area contributed by atoms with Gasteiger partial charge in [-0.05, 0) is 23.3 Å². The molecule has 26 heavy (non-hydrogen) atoms. The zero-order chi connectivity index (χ0) is 18.3. The molecule has 1 aliphatic heterocycles. The Labute approximate surface area is 150 Å². The van der Waals surface area contributed by atoms with Crippen LogP contribution >= 0.6 is 0 Å². The number of aliphatic hydroxyl groups excluding tert-OH is 1. The molecule has 4 heteroatoms. The van der Waals surface area contributed by atoms with Crippen LogP contribution in [-0.2, 0) is 9.53 Å². The van der Waals surface area contributed by atoms with Crippen molar-refractivity contribution in [3.8, 4) is 0 Å². The summed E-state index contributed by atoms with van der Waals surface area (Å²) in [5.74, 6) is -1.17. The van der Waals surface area contributed by atoms with Crippen LogP contribution in [0.15, 0.2) is 72.5 Å². The molecule has 3 aromatic rings. The molecule has 0 radical (unpaired) electrons. The molecule has 0 amide bonds. The van der Waals surface area contributed by atoms with Crippen LogP contribution in [0.3, 0.4) is 0 Å². The van der Waals surface area contributed by atoms with Gasteiger partial charge in [-0.2, -0.15) is 0 Å². The third-order valence-electron chi connectivity index (χ3n) is 4.64. The van der Waals surface area contributed by atoms with Gasteiger partial charge in [-0.15, -0.1) is 0 Å². The van der Waals surface area contributed by atoms with Gasteiger partial charge in [0, 0.05) is 11.1 Å². The minimum atomic E-state index is -0.742. The number of esters is 1. The van der Waals surface area contributed by atoms with Crippen molar-refractivity contribution in [2.45, 2.75) is 13.0 Å². The zero-order valence-corrected chi connectivity index (χ0v) is 14.1. The number of benzene rings is 3. The van der Waals surface area contributed by atoms with Crippen molar-refractivity contribution in [2.24, 2.45) is 0 Å². The summed E-state index contributed by atoms with van der Waals surface area (Å²) in [5.41, 5.74) is 2.45. The smallest absolute Gasteiger partial charge is 0.374 e. The molecule has 1 N–H and O–H groups in total. The average molecular weight is 344 g/mol. The Balaban J connectivity index is 1.86. The number of hydrogen-bond acceptors (Lipinski definition) is 4. The molecule has 0 fully saturated rings. The van der Waals surface area contributed by atoms with E-state index in [0.717, 1.165) is 16.3 Å². The highest BCUT2D eigenvalue weighted by atomic mass is 16.6. The van der Waals surface area contributed by atoms with Crippen molar-refractivity contribution in [1.82, 2.24) is 0 Å². The molecule has 0 aromatic heterocycles. The van der Waals surface area contributed by atoms with Gasteiger partial charge in [-0.25, -0.2) is 4.79 Å². The predicted molar refractivity (Wildman–Crippen MR) is 98.8 cm³/mol. The molecule has 1 aliphatic rings. The van der Waals surface area contributed by atoms with E-state index in [0.29, 0.717) is 16.7 Å². The van der Waals surface area contributed by atoms with Crippen LogP contribution in [0.2, 0.25) is 0 Å². The SMILES string of the molecule is CC(=O)c1ccc(C2=C(O)C(=O)OC2c2cccc3ccccc23)cc1. The first kappa shape index (κ1) is 16.1. The number of hydrogen-bond donors (Lipinski definition) is 1. The second kappa shape index (κ2) is 6.15. The summed E-state index contributed by atoms with van der Waals surface area (Å²) in [6.45, 7) is 1.49. The van der Waals surface area contributed by atoms with Crippen molar-refractivity contribution in [2.75, 3.05) is 0 Å². The largest absolute Gasteiger partial charge is 0.502 e. The molecule has 0 saturated carbocycles. The topological polar surface area (TPSA) is 63.6 Å². The maximum atomic E-state index is 12.1. The number of carbonyl (C=O) groups excluding carboxylic acids is 2. The highest BCUT2D eigenvalue weighted by Gasteiger charge is 2.36. The molecule has 0 bridgehead atoms. The Morgan fingerprint density at radius 3 is 2.38 bits per heavy atom. The van der Waals surface area contributed by atoms with Crippen LogP contribution in [0.1, 0.15) is 34.5 Å². The Bertz CT molecular complexity index is 1060. The standard InChI is InChI=1S/C22H16O4/c1-13(23)14-9-11-16(12-10-14)19-20(24)22(25)26-21(19)18-8-4-6-15-5-2-3-7-17(15)18/h2-12,21,24H,1H3. The number of cyclic esters (lactones) is 1. The first-order valence-corrected chi connectivity index (χ1v) is 8.29. The van der Waals surface area contributed by atoms with Gasteiger partial charge in [-0.1, -0.05) is 66.7 Å². The van der Waals surface area contributed by atoms with Gasteiger partial charge in [0.15, 0.2) is 11.9 Å². The fourth-order valence-corrected chi connectivity index (χ4v) is 3.33. The van der Waals surface area contributed by atoms with Crippen LogP contribution in [0.4, 0.5) is 0 Å². The van der Waals surface area contributed by atoms with E-state index < -0.39 is 17.8 Å². The van der Waals surface area contributed by atoms with E-state index in [1.165, 1.54) is 6.92 Å². The van der Waals surface area contributed by atoms with Crippen molar-refractivity contribution >= 4 is 28.1 Å². The molecule has 0 aliphatic carbocycles. The third kappa shape index (κ3) is 2.56. The van der Waals surface area contributed by atoms with Gasteiger partial charge in [0.2, 0.25) is 5.76 Å². The first-order chi connectivity index (χ1) is 12.6. The Hall–Kier alpha value is -3.40. The zero-order valence-electron chi connectivity index (χ0n) is 14.1. The molecule has 4 rings (SSSR count). The molecule has 1 atom stereocenters.